The first-order chi connectivity index (χ1) is 18.1. The highest BCUT2D eigenvalue weighted by molar-refractivity contribution is 5.98. The Morgan fingerprint density at radius 1 is 1.13 bits per heavy atom. The van der Waals surface area contributed by atoms with Crippen molar-refractivity contribution in [2.75, 3.05) is 41.4 Å². The van der Waals surface area contributed by atoms with Crippen molar-refractivity contribution < 1.29 is 14.2 Å². The SMILES string of the molecule is CC(C)c1ccc(N2CCC2C)c2cnc(Nc3ccnc(N4CCC(OCC(C)(C)O)C(F)C4)n3)cc12. The second kappa shape index (κ2) is 10.6. The summed E-state index contributed by atoms with van der Waals surface area (Å²) in [4.78, 5) is 18.1. The van der Waals surface area contributed by atoms with Gasteiger partial charge in [-0.2, -0.15) is 4.98 Å². The summed E-state index contributed by atoms with van der Waals surface area (Å²) in [6.45, 7) is 11.9. The van der Waals surface area contributed by atoms with Gasteiger partial charge in [0.25, 0.3) is 0 Å². The zero-order valence-corrected chi connectivity index (χ0v) is 23.0. The maximum absolute atomic E-state index is 14.9. The largest absolute Gasteiger partial charge is 0.388 e. The van der Waals surface area contributed by atoms with Crippen LogP contribution in [0.1, 0.15) is 58.9 Å². The topological polar surface area (TPSA) is 86.6 Å². The number of benzene rings is 1. The molecule has 38 heavy (non-hydrogen) atoms. The van der Waals surface area contributed by atoms with Gasteiger partial charge in [-0.15, -0.1) is 0 Å². The lowest BCUT2D eigenvalue weighted by atomic mass is 9.94. The summed E-state index contributed by atoms with van der Waals surface area (Å²) in [7, 11) is 0. The Kier molecular flexibility index (Phi) is 7.42. The van der Waals surface area contributed by atoms with Crippen LogP contribution in [0, 0.1) is 0 Å². The van der Waals surface area contributed by atoms with Crippen LogP contribution < -0.4 is 15.1 Å². The van der Waals surface area contributed by atoms with Crippen LogP contribution in [0.2, 0.25) is 0 Å². The van der Waals surface area contributed by atoms with Crippen molar-refractivity contribution in [3.05, 3.63) is 42.2 Å². The zero-order chi connectivity index (χ0) is 27.0. The van der Waals surface area contributed by atoms with Crippen LogP contribution in [0.3, 0.4) is 0 Å². The lowest BCUT2D eigenvalue weighted by molar-refractivity contribution is -0.0806. The molecule has 2 aromatic heterocycles. The summed E-state index contributed by atoms with van der Waals surface area (Å²) in [6.07, 6.45) is 3.62. The number of nitrogens with zero attached hydrogens (tertiary/aromatic N) is 5. The van der Waals surface area contributed by atoms with Crippen molar-refractivity contribution in [3.63, 3.8) is 0 Å². The number of nitrogens with one attached hydrogen (secondary N) is 1. The third kappa shape index (κ3) is 5.68. The Bertz CT molecular complexity index is 1280. The molecule has 3 atom stereocenters. The van der Waals surface area contributed by atoms with E-state index >= 15 is 0 Å². The summed E-state index contributed by atoms with van der Waals surface area (Å²) in [5.41, 5.74) is 1.54. The lowest BCUT2D eigenvalue weighted by Crippen LogP contribution is -2.47. The fraction of sp³-hybridized carbons (Fsp3) is 0.552. The molecule has 5 rings (SSSR count). The molecule has 204 valence electrons. The summed E-state index contributed by atoms with van der Waals surface area (Å²) in [6, 6.07) is 8.91. The van der Waals surface area contributed by atoms with Crippen molar-refractivity contribution in [1.82, 2.24) is 15.0 Å². The Labute approximate surface area is 224 Å². The molecule has 8 nitrogen and oxygen atoms in total. The number of piperidine rings is 1. The number of fused-ring (bicyclic) bond motifs is 1. The van der Waals surface area contributed by atoms with E-state index in [9.17, 15) is 9.50 Å². The van der Waals surface area contributed by atoms with Gasteiger partial charge in [-0.1, -0.05) is 19.9 Å². The van der Waals surface area contributed by atoms with E-state index in [0.717, 1.165) is 6.54 Å². The van der Waals surface area contributed by atoms with Gasteiger partial charge in [0, 0.05) is 42.6 Å². The summed E-state index contributed by atoms with van der Waals surface area (Å²) < 4.78 is 20.5. The molecule has 0 spiro atoms. The molecule has 2 saturated heterocycles. The molecule has 0 radical (unpaired) electrons. The van der Waals surface area contributed by atoms with Gasteiger partial charge in [0.05, 0.1) is 24.9 Å². The summed E-state index contributed by atoms with van der Waals surface area (Å²) >= 11 is 0. The maximum Gasteiger partial charge on any atom is 0.227 e. The van der Waals surface area contributed by atoms with Crippen molar-refractivity contribution in [3.8, 4) is 0 Å². The van der Waals surface area contributed by atoms with E-state index in [1.165, 1.54) is 28.4 Å². The number of aliphatic hydroxyl groups is 1. The Morgan fingerprint density at radius 3 is 2.61 bits per heavy atom. The molecule has 1 aromatic carbocycles. The number of aromatic nitrogens is 3. The van der Waals surface area contributed by atoms with Gasteiger partial charge in [0.1, 0.15) is 17.8 Å². The minimum Gasteiger partial charge on any atom is -0.388 e. The molecule has 0 aliphatic carbocycles. The number of hydrogen-bond acceptors (Lipinski definition) is 8. The van der Waals surface area contributed by atoms with Crippen LogP contribution in [-0.2, 0) is 4.74 Å². The van der Waals surface area contributed by atoms with Crippen molar-refractivity contribution in [1.29, 1.82) is 0 Å². The highest BCUT2D eigenvalue weighted by Gasteiger charge is 2.32. The zero-order valence-electron chi connectivity index (χ0n) is 23.0. The molecule has 2 aliphatic rings. The highest BCUT2D eigenvalue weighted by atomic mass is 19.1. The van der Waals surface area contributed by atoms with Gasteiger partial charge in [0.2, 0.25) is 5.95 Å². The molecule has 0 saturated carbocycles. The Morgan fingerprint density at radius 2 is 1.95 bits per heavy atom. The predicted octanol–water partition coefficient (Wildman–Crippen LogP) is 5.19. The van der Waals surface area contributed by atoms with Gasteiger partial charge < -0.3 is 25.0 Å². The number of pyridine rings is 1. The quantitative estimate of drug-likeness (QED) is 0.418. The molecule has 2 aliphatic heterocycles. The van der Waals surface area contributed by atoms with E-state index in [0.29, 0.717) is 42.5 Å². The third-order valence-corrected chi connectivity index (χ3v) is 7.48. The first-order valence-electron chi connectivity index (χ1n) is 13.6. The van der Waals surface area contributed by atoms with E-state index in [4.69, 9.17) is 9.72 Å². The monoisotopic (exact) mass is 522 g/mol. The van der Waals surface area contributed by atoms with Crippen LogP contribution >= 0.6 is 0 Å². The van der Waals surface area contributed by atoms with Gasteiger partial charge in [-0.3, -0.25) is 0 Å². The average molecular weight is 523 g/mol. The minimum absolute atomic E-state index is 0.101. The van der Waals surface area contributed by atoms with Gasteiger partial charge in [0.15, 0.2) is 0 Å². The number of ether oxygens (including phenoxy) is 1. The number of hydrogen-bond donors (Lipinski definition) is 2. The third-order valence-electron chi connectivity index (χ3n) is 7.48. The number of alkyl halides is 1. The first kappa shape index (κ1) is 26.6. The second-order valence-electron chi connectivity index (χ2n) is 11.6. The summed E-state index contributed by atoms with van der Waals surface area (Å²) in [5, 5.41) is 15.6. The first-order valence-corrected chi connectivity index (χ1v) is 13.6. The Balaban J connectivity index is 1.33. The molecule has 3 aromatic rings. The molecule has 2 N–H and O–H groups in total. The minimum atomic E-state index is -1.19. The smallest absolute Gasteiger partial charge is 0.227 e. The van der Waals surface area contributed by atoms with E-state index in [2.05, 4.69) is 59.2 Å². The van der Waals surface area contributed by atoms with E-state index in [-0.39, 0.29) is 13.2 Å². The fourth-order valence-corrected chi connectivity index (χ4v) is 5.21. The van der Waals surface area contributed by atoms with Crippen LogP contribution in [0.25, 0.3) is 10.8 Å². The second-order valence-corrected chi connectivity index (χ2v) is 11.6. The highest BCUT2D eigenvalue weighted by Crippen LogP contribution is 2.37. The van der Waals surface area contributed by atoms with Crippen molar-refractivity contribution in [2.24, 2.45) is 0 Å². The van der Waals surface area contributed by atoms with Gasteiger partial charge in [-0.05, 0) is 68.7 Å². The van der Waals surface area contributed by atoms with Gasteiger partial charge in [-0.25, -0.2) is 14.4 Å². The number of halogens is 1. The number of anilines is 4. The van der Waals surface area contributed by atoms with Crippen molar-refractivity contribution >= 4 is 34.0 Å². The van der Waals surface area contributed by atoms with Crippen LogP contribution in [0.15, 0.2) is 36.7 Å². The van der Waals surface area contributed by atoms with Crippen LogP contribution in [0.5, 0.6) is 0 Å². The lowest BCUT2D eigenvalue weighted by Gasteiger charge is -2.41. The molecule has 2 fully saturated rings. The average Bonchev–Trinajstić information content (AvgIpc) is 2.86. The van der Waals surface area contributed by atoms with E-state index < -0.39 is 17.9 Å². The molecule has 3 unspecified atom stereocenters. The van der Waals surface area contributed by atoms with Crippen LogP contribution in [-0.4, -0.2) is 70.2 Å². The van der Waals surface area contributed by atoms with Crippen LogP contribution in [0.4, 0.5) is 27.7 Å². The van der Waals surface area contributed by atoms with E-state index in [1.54, 1.807) is 26.1 Å². The molecule has 0 bridgehead atoms. The standard InChI is InChI=1S/C29H39FN6O2/c1-18(2)20-6-7-24(36-13-9-19(36)3)22-15-32-27(14-21(20)22)33-26-8-11-31-28(34-26)35-12-10-25(23(30)16-35)38-17-29(4,5)37/h6-8,11,14-15,18-19,23,25,37H,9-10,12-13,16-17H2,1-5H3,(H,31,32,33,34). The molecule has 0 amide bonds. The predicted molar refractivity (Wildman–Crippen MR) is 150 cm³/mol. The van der Waals surface area contributed by atoms with E-state index in [1.807, 2.05) is 11.1 Å². The normalized spacial score (nSPS) is 22.2. The van der Waals surface area contributed by atoms with Crippen molar-refractivity contribution in [2.45, 2.75) is 77.3 Å². The fourth-order valence-electron chi connectivity index (χ4n) is 5.21. The molecular weight excluding hydrogens is 483 g/mol. The molecular formula is C29H39FN6O2. The Hall–Kier alpha value is -3.04. The number of rotatable bonds is 8. The maximum atomic E-state index is 14.9. The molecule has 9 heteroatoms. The molecule has 4 heterocycles. The summed E-state index contributed by atoms with van der Waals surface area (Å²) in [5.74, 6) is 2.16. The van der Waals surface area contributed by atoms with Gasteiger partial charge >= 0.3 is 0 Å².